The molecule has 1 saturated heterocycles. The van der Waals surface area contributed by atoms with Crippen molar-refractivity contribution in [3.05, 3.63) is 16.9 Å². The summed E-state index contributed by atoms with van der Waals surface area (Å²) in [5, 5.41) is 2.99. The first-order valence-electron chi connectivity index (χ1n) is 4.27. The van der Waals surface area contributed by atoms with Crippen molar-refractivity contribution >= 4 is 5.82 Å². The van der Waals surface area contributed by atoms with Crippen LogP contribution < -0.4 is 0 Å². The zero-order chi connectivity index (χ0) is 9.42. The molecule has 1 aliphatic rings. The largest absolute Gasteiger partial charge is 0.307 e. The van der Waals surface area contributed by atoms with Gasteiger partial charge in [-0.3, -0.25) is 0 Å². The molecule has 0 aromatic carbocycles. The summed E-state index contributed by atoms with van der Waals surface area (Å²) < 4.78 is 1.86. The SMILES string of the molecule is Cc1ncn(C2CN(C)C2)c1N=O. The number of imidazole rings is 1. The van der Waals surface area contributed by atoms with E-state index in [9.17, 15) is 4.91 Å². The first-order chi connectivity index (χ1) is 6.22. The van der Waals surface area contributed by atoms with E-state index >= 15 is 0 Å². The summed E-state index contributed by atoms with van der Waals surface area (Å²) in [6, 6.07) is 0.374. The summed E-state index contributed by atoms with van der Waals surface area (Å²) >= 11 is 0. The summed E-state index contributed by atoms with van der Waals surface area (Å²) in [6.45, 7) is 3.74. The maximum Gasteiger partial charge on any atom is 0.200 e. The second-order valence-corrected chi connectivity index (χ2v) is 3.53. The predicted molar refractivity (Wildman–Crippen MR) is 49.0 cm³/mol. The van der Waals surface area contributed by atoms with Crippen LogP contribution in [0.25, 0.3) is 0 Å². The van der Waals surface area contributed by atoms with E-state index in [2.05, 4.69) is 15.1 Å². The second kappa shape index (κ2) is 2.92. The monoisotopic (exact) mass is 180 g/mol. The number of likely N-dealkylation sites (N-methyl/N-ethyl adjacent to an activating group) is 1. The third-order valence-corrected chi connectivity index (χ3v) is 2.47. The van der Waals surface area contributed by atoms with Crippen molar-refractivity contribution in [2.45, 2.75) is 13.0 Å². The summed E-state index contributed by atoms with van der Waals surface area (Å²) in [5.74, 6) is 0.470. The van der Waals surface area contributed by atoms with Gasteiger partial charge in [-0.05, 0) is 19.1 Å². The van der Waals surface area contributed by atoms with Gasteiger partial charge in [-0.2, -0.15) is 0 Å². The zero-order valence-corrected chi connectivity index (χ0v) is 7.77. The van der Waals surface area contributed by atoms with Gasteiger partial charge in [0.2, 0.25) is 0 Å². The Labute approximate surface area is 76.3 Å². The number of aryl methyl sites for hydroxylation is 1. The van der Waals surface area contributed by atoms with E-state index < -0.39 is 0 Å². The third-order valence-electron chi connectivity index (χ3n) is 2.47. The van der Waals surface area contributed by atoms with Crippen molar-refractivity contribution in [1.82, 2.24) is 14.5 Å². The molecule has 1 aromatic rings. The molecular weight excluding hydrogens is 168 g/mol. The summed E-state index contributed by atoms with van der Waals surface area (Å²) in [7, 11) is 2.05. The molecule has 0 bridgehead atoms. The highest BCUT2D eigenvalue weighted by molar-refractivity contribution is 5.34. The highest BCUT2D eigenvalue weighted by Crippen LogP contribution is 2.27. The molecule has 5 nitrogen and oxygen atoms in total. The van der Waals surface area contributed by atoms with Crippen LogP contribution >= 0.6 is 0 Å². The van der Waals surface area contributed by atoms with Crippen molar-refractivity contribution in [2.24, 2.45) is 5.18 Å². The molecule has 0 saturated carbocycles. The van der Waals surface area contributed by atoms with Crippen LogP contribution in [-0.4, -0.2) is 34.6 Å². The molecule has 0 N–H and O–H groups in total. The van der Waals surface area contributed by atoms with Crippen molar-refractivity contribution in [3.63, 3.8) is 0 Å². The fourth-order valence-electron chi connectivity index (χ4n) is 1.67. The van der Waals surface area contributed by atoms with Gasteiger partial charge in [0.05, 0.1) is 18.1 Å². The van der Waals surface area contributed by atoms with Gasteiger partial charge >= 0.3 is 0 Å². The number of hydrogen-bond donors (Lipinski definition) is 0. The lowest BCUT2D eigenvalue weighted by Crippen LogP contribution is -2.44. The minimum Gasteiger partial charge on any atom is -0.307 e. The summed E-state index contributed by atoms with van der Waals surface area (Å²) in [6.07, 6.45) is 1.70. The fourth-order valence-corrected chi connectivity index (χ4v) is 1.67. The van der Waals surface area contributed by atoms with Gasteiger partial charge in [0.25, 0.3) is 0 Å². The third kappa shape index (κ3) is 1.25. The van der Waals surface area contributed by atoms with E-state index in [1.165, 1.54) is 0 Å². The van der Waals surface area contributed by atoms with Gasteiger partial charge in [0.15, 0.2) is 5.82 Å². The quantitative estimate of drug-likeness (QED) is 0.640. The van der Waals surface area contributed by atoms with Crippen LogP contribution in [0.1, 0.15) is 11.7 Å². The van der Waals surface area contributed by atoms with E-state index in [0.29, 0.717) is 17.6 Å². The Bertz CT molecular complexity index is 327. The van der Waals surface area contributed by atoms with E-state index in [-0.39, 0.29) is 0 Å². The van der Waals surface area contributed by atoms with E-state index in [1.54, 1.807) is 13.3 Å². The molecule has 0 aliphatic carbocycles. The lowest BCUT2D eigenvalue weighted by Gasteiger charge is -2.36. The van der Waals surface area contributed by atoms with Crippen LogP contribution in [0.2, 0.25) is 0 Å². The number of nitroso groups, excluding NO2 is 1. The van der Waals surface area contributed by atoms with Crippen molar-refractivity contribution < 1.29 is 0 Å². The van der Waals surface area contributed by atoms with Gasteiger partial charge in [-0.1, -0.05) is 0 Å². The number of aromatic nitrogens is 2. The smallest absolute Gasteiger partial charge is 0.200 e. The molecule has 0 radical (unpaired) electrons. The highest BCUT2D eigenvalue weighted by atomic mass is 16.3. The van der Waals surface area contributed by atoms with Crippen molar-refractivity contribution in [3.8, 4) is 0 Å². The van der Waals surface area contributed by atoms with Gasteiger partial charge < -0.3 is 9.47 Å². The first-order valence-corrected chi connectivity index (χ1v) is 4.27. The second-order valence-electron chi connectivity index (χ2n) is 3.53. The number of likely N-dealkylation sites (tertiary alicyclic amines) is 1. The number of rotatable bonds is 2. The fraction of sp³-hybridized carbons (Fsp3) is 0.625. The van der Waals surface area contributed by atoms with Gasteiger partial charge in [0, 0.05) is 13.1 Å². The minimum atomic E-state index is 0.374. The summed E-state index contributed by atoms with van der Waals surface area (Å²) in [4.78, 5) is 16.8. The Morgan fingerprint density at radius 3 is 2.85 bits per heavy atom. The van der Waals surface area contributed by atoms with E-state index in [4.69, 9.17) is 0 Å². The van der Waals surface area contributed by atoms with Crippen molar-refractivity contribution in [1.29, 1.82) is 0 Å². The average molecular weight is 180 g/mol. The van der Waals surface area contributed by atoms with Crippen LogP contribution in [0.4, 0.5) is 5.82 Å². The van der Waals surface area contributed by atoms with Crippen LogP contribution in [0, 0.1) is 11.8 Å². The van der Waals surface area contributed by atoms with Crippen molar-refractivity contribution in [2.75, 3.05) is 20.1 Å². The van der Waals surface area contributed by atoms with E-state index in [0.717, 1.165) is 13.1 Å². The standard InChI is InChI=1S/C8H12N4O/c1-6-8(10-13)12(5-9-6)7-3-11(2)4-7/h5,7H,3-4H2,1-2H3. The molecule has 2 heterocycles. The van der Waals surface area contributed by atoms with Crippen LogP contribution in [0.5, 0.6) is 0 Å². The van der Waals surface area contributed by atoms with Gasteiger partial charge in [-0.15, -0.1) is 4.91 Å². The molecule has 1 aromatic heterocycles. The molecule has 0 unspecified atom stereocenters. The lowest BCUT2D eigenvalue weighted by atomic mass is 10.1. The predicted octanol–water partition coefficient (Wildman–Crippen LogP) is 1.08. The molecule has 0 spiro atoms. The van der Waals surface area contributed by atoms with Crippen LogP contribution in [0.3, 0.4) is 0 Å². The average Bonchev–Trinajstić information content (AvgIpc) is 2.41. The molecule has 70 valence electrons. The minimum absolute atomic E-state index is 0.374. The Morgan fingerprint density at radius 1 is 1.62 bits per heavy atom. The zero-order valence-electron chi connectivity index (χ0n) is 7.77. The molecular formula is C8H12N4O. The molecule has 2 rings (SSSR count). The Hall–Kier alpha value is -1.23. The Kier molecular flexibility index (Phi) is 1.88. The maximum absolute atomic E-state index is 10.5. The normalized spacial score (nSPS) is 18.6. The molecule has 0 atom stereocenters. The van der Waals surface area contributed by atoms with Crippen LogP contribution in [0.15, 0.2) is 11.5 Å². The van der Waals surface area contributed by atoms with Gasteiger partial charge in [0.1, 0.15) is 0 Å². The molecule has 1 fully saturated rings. The topological polar surface area (TPSA) is 50.5 Å². The lowest BCUT2D eigenvalue weighted by molar-refractivity contribution is 0.141. The van der Waals surface area contributed by atoms with Crippen LogP contribution in [-0.2, 0) is 0 Å². The number of nitrogens with zero attached hydrogens (tertiary/aromatic N) is 4. The van der Waals surface area contributed by atoms with Gasteiger partial charge in [-0.25, -0.2) is 4.98 Å². The maximum atomic E-state index is 10.5. The first kappa shape index (κ1) is 8.37. The molecule has 0 amide bonds. The molecule has 5 heteroatoms. The van der Waals surface area contributed by atoms with E-state index in [1.807, 2.05) is 11.6 Å². The molecule has 13 heavy (non-hydrogen) atoms. The molecule has 1 aliphatic heterocycles. The highest BCUT2D eigenvalue weighted by Gasteiger charge is 2.27. The number of hydrogen-bond acceptors (Lipinski definition) is 4. The summed E-state index contributed by atoms with van der Waals surface area (Å²) in [5.41, 5.74) is 0.713. The Morgan fingerprint density at radius 2 is 2.31 bits per heavy atom. The Balaban J connectivity index is 2.25.